The highest BCUT2D eigenvalue weighted by Crippen LogP contribution is 2.40. The minimum absolute atomic E-state index is 0.102. The Morgan fingerprint density at radius 2 is 1.32 bits per heavy atom. The topological polar surface area (TPSA) is 52.8 Å². The molecule has 3 aromatic carbocycles. The van der Waals surface area contributed by atoms with Gasteiger partial charge >= 0.3 is 0 Å². The molecule has 22 heavy (non-hydrogen) atoms. The van der Waals surface area contributed by atoms with E-state index >= 15 is 0 Å². The molecule has 0 spiro atoms. The van der Waals surface area contributed by atoms with E-state index in [1.807, 2.05) is 66.7 Å². The summed E-state index contributed by atoms with van der Waals surface area (Å²) in [4.78, 5) is 0. The molecule has 0 heterocycles. The predicted molar refractivity (Wildman–Crippen MR) is 88.4 cm³/mol. The van der Waals surface area contributed by atoms with Crippen LogP contribution in [0.3, 0.4) is 0 Å². The van der Waals surface area contributed by atoms with Crippen LogP contribution in [-0.4, -0.2) is 16.5 Å². The summed E-state index contributed by atoms with van der Waals surface area (Å²) in [6.45, 7) is 0. The third kappa shape index (κ3) is 2.56. The van der Waals surface area contributed by atoms with Crippen molar-refractivity contribution in [3.05, 3.63) is 78.4 Å². The fourth-order valence-electron chi connectivity index (χ4n) is 2.53. The van der Waals surface area contributed by atoms with Gasteiger partial charge in [0.1, 0.15) is 5.75 Å². The quantitative estimate of drug-likeness (QED) is 0.422. The molecule has 108 valence electrons. The van der Waals surface area contributed by atoms with Gasteiger partial charge in [-0.1, -0.05) is 71.9 Å². The minimum atomic E-state index is 0.102. The second-order valence-electron chi connectivity index (χ2n) is 4.90. The number of rotatable bonds is 3. The lowest BCUT2D eigenvalue weighted by atomic mass is 9.92. The monoisotopic (exact) mass is 289 g/mol. The number of phenols is 1. The van der Waals surface area contributed by atoms with Gasteiger partial charge in [0.2, 0.25) is 0 Å². The molecule has 3 heteroatoms. The fraction of sp³-hybridized carbons (Fsp3) is 0. The molecule has 3 aromatic rings. The van der Waals surface area contributed by atoms with E-state index in [0.29, 0.717) is 5.56 Å². The van der Waals surface area contributed by atoms with Gasteiger partial charge in [-0.2, -0.15) is 0 Å². The molecule has 3 nitrogen and oxygen atoms in total. The maximum Gasteiger partial charge on any atom is 0.132 e. The van der Waals surface area contributed by atoms with Crippen molar-refractivity contribution in [2.45, 2.75) is 0 Å². The van der Waals surface area contributed by atoms with Gasteiger partial charge in [-0.25, -0.2) is 0 Å². The number of phenolic OH excluding ortho intramolecular Hbond substituents is 1. The number of hydrogen-bond donors (Lipinski definition) is 2. The van der Waals surface area contributed by atoms with Crippen molar-refractivity contribution in [1.82, 2.24) is 0 Å². The van der Waals surface area contributed by atoms with E-state index < -0.39 is 0 Å². The normalized spacial score (nSPS) is 10.9. The van der Waals surface area contributed by atoms with Gasteiger partial charge in [-0.15, -0.1) is 0 Å². The minimum Gasteiger partial charge on any atom is -0.507 e. The van der Waals surface area contributed by atoms with E-state index in [4.69, 9.17) is 5.21 Å². The number of hydrogen-bond acceptors (Lipinski definition) is 3. The van der Waals surface area contributed by atoms with E-state index in [0.717, 1.165) is 22.3 Å². The fourth-order valence-corrected chi connectivity index (χ4v) is 2.53. The lowest BCUT2D eigenvalue weighted by Gasteiger charge is -2.14. The van der Waals surface area contributed by atoms with Crippen LogP contribution in [0.4, 0.5) is 0 Å². The Morgan fingerprint density at radius 3 is 1.91 bits per heavy atom. The average Bonchev–Trinajstić information content (AvgIpc) is 2.58. The Kier molecular flexibility index (Phi) is 3.88. The van der Waals surface area contributed by atoms with Gasteiger partial charge in [0.25, 0.3) is 0 Å². The van der Waals surface area contributed by atoms with Crippen LogP contribution in [0.25, 0.3) is 22.3 Å². The maximum atomic E-state index is 10.6. The van der Waals surface area contributed by atoms with Crippen molar-refractivity contribution in [2.24, 2.45) is 5.16 Å². The van der Waals surface area contributed by atoms with Crippen LogP contribution in [0.5, 0.6) is 5.75 Å². The number of aromatic hydroxyl groups is 1. The molecule has 0 aliphatic rings. The lowest BCUT2D eigenvalue weighted by molar-refractivity contribution is 0.321. The van der Waals surface area contributed by atoms with E-state index in [1.165, 1.54) is 6.21 Å². The molecule has 0 saturated heterocycles. The van der Waals surface area contributed by atoms with Crippen molar-refractivity contribution >= 4 is 6.21 Å². The Hall–Kier alpha value is -3.07. The van der Waals surface area contributed by atoms with Crippen LogP contribution in [0.1, 0.15) is 5.56 Å². The van der Waals surface area contributed by atoms with Crippen molar-refractivity contribution in [3.63, 3.8) is 0 Å². The number of nitrogens with zero attached hydrogens (tertiary/aromatic N) is 1. The van der Waals surface area contributed by atoms with Crippen LogP contribution in [0.15, 0.2) is 78.0 Å². The SMILES string of the molecule is O/N=C\c1ccc(-c2ccccc2)c(-c2ccccc2)c1O. The molecule has 0 radical (unpaired) electrons. The summed E-state index contributed by atoms with van der Waals surface area (Å²) >= 11 is 0. The molecule has 0 unspecified atom stereocenters. The Labute approximate surface area is 128 Å². The molecule has 0 amide bonds. The summed E-state index contributed by atoms with van der Waals surface area (Å²) < 4.78 is 0. The zero-order valence-electron chi connectivity index (χ0n) is 11.8. The molecular formula is C19H15NO2. The van der Waals surface area contributed by atoms with Crippen molar-refractivity contribution < 1.29 is 10.3 Å². The zero-order valence-corrected chi connectivity index (χ0v) is 11.8. The van der Waals surface area contributed by atoms with E-state index in [-0.39, 0.29) is 5.75 Å². The molecule has 0 atom stereocenters. The largest absolute Gasteiger partial charge is 0.507 e. The summed E-state index contributed by atoms with van der Waals surface area (Å²) in [5, 5.41) is 22.4. The molecule has 0 aliphatic carbocycles. The van der Waals surface area contributed by atoms with E-state index in [9.17, 15) is 5.11 Å². The molecule has 0 bridgehead atoms. The first-order valence-electron chi connectivity index (χ1n) is 6.95. The molecule has 0 fully saturated rings. The van der Waals surface area contributed by atoms with Crippen LogP contribution >= 0.6 is 0 Å². The first-order chi connectivity index (χ1) is 10.8. The first kappa shape index (κ1) is 13.9. The van der Waals surface area contributed by atoms with Crippen molar-refractivity contribution in [3.8, 4) is 28.0 Å². The van der Waals surface area contributed by atoms with Crippen molar-refractivity contribution in [1.29, 1.82) is 0 Å². The van der Waals surface area contributed by atoms with Crippen LogP contribution in [0.2, 0.25) is 0 Å². The Balaban J connectivity index is 2.29. The smallest absolute Gasteiger partial charge is 0.132 e. The Morgan fingerprint density at radius 1 is 0.727 bits per heavy atom. The second-order valence-corrected chi connectivity index (χ2v) is 4.90. The third-order valence-corrected chi connectivity index (χ3v) is 3.55. The van der Waals surface area contributed by atoms with E-state index in [1.54, 1.807) is 6.07 Å². The molecule has 0 saturated carbocycles. The van der Waals surface area contributed by atoms with Gasteiger partial charge in [0, 0.05) is 11.1 Å². The van der Waals surface area contributed by atoms with Crippen LogP contribution in [0, 0.1) is 0 Å². The second kappa shape index (κ2) is 6.14. The summed E-state index contributed by atoms with van der Waals surface area (Å²) in [6, 6.07) is 23.2. The van der Waals surface area contributed by atoms with Gasteiger partial charge in [0.05, 0.1) is 6.21 Å². The number of benzene rings is 3. The first-order valence-corrected chi connectivity index (χ1v) is 6.95. The van der Waals surface area contributed by atoms with Gasteiger partial charge in [-0.3, -0.25) is 0 Å². The lowest BCUT2D eigenvalue weighted by Crippen LogP contribution is -1.91. The zero-order chi connectivity index (χ0) is 15.4. The number of oxime groups is 1. The van der Waals surface area contributed by atoms with Gasteiger partial charge in [-0.05, 0) is 22.8 Å². The van der Waals surface area contributed by atoms with Gasteiger partial charge in [0.15, 0.2) is 0 Å². The highest BCUT2D eigenvalue weighted by molar-refractivity contribution is 5.95. The summed E-state index contributed by atoms with van der Waals surface area (Å²) in [6.07, 6.45) is 1.23. The van der Waals surface area contributed by atoms with Crippen LogP contribution < -0.4 is 0 Å². The highest BCUT2D eigenvalue weighted by atomic mass is 16.4. The highest BCUT2D eigenvalue weighted by Gasteiger charge is 2.14. The summed E-state index contributed by atoms with van der Waals surface area (Å²) in [7, 11) is 0. The third-order valence-electron chi connectivity index (χ3n) is 3.55. The maximum absolute atomic E-state index is 10.6. The molecule has 0 aliphatic heterocycles. The Bertz CT molecular complexity index is 796. The predicted octanol–water partition coefficient (Wildman–Crippen LogP) is 4.53. The van der Waals surface area contributed by atoms with Gasteiger partial charge < -0.3 is 10.3 Å². The molecule has 3 rings (SSSR count). The molecule has 0 aromatic heterocycles. The van der Waals surface area contributed by atoms with Crippen LogP contribution in [-0.2, 0) is 0 Å². The summed E-state index contributed by atoms with van der Waals surface area (Å²) in [5.41, 5.74) is 4.06. The van der Waals surface area contributed by atoms with Crippen molar-refractivity contribution in [2.75, 3.05) is 0 Å². The standard InChI is InChI=1S/C19H15NO2/c21-19-16(13-20-22)11-12-17(14-7-3-1-4-8-14)18(19)15-9-5-2-6-10-15/h1-13,21-22H/b20-13-. The average molecular weight is 289 g/mol. The van der Waals surface area contributed by atoms with E-state index in [2.05, 4.69) is 5.16 Å². The summed E-state index contributed by atoms with van der Waals surface area (Å²) in [5.74, 6) is 0.102. The molecular weight excluding hydrogens is 274 g/mol. The molecule has 2 N–H and O–H groups in total.